The molecule has 0 aromatic heterocycles. The molecule has 0 amide bonds. The minimum Gasteiger partial charge on any atom is -0.486 e. The lowest BCUT2D eigenvalue weighted by Crippen LogP contribution is -2.13. The van der Waals surface area contributed by atoms with E-state index in [0.29, 0.717) is 0 Å². The van der Waals surface area contributed by atoms with Gasteiger partial charge in [-0.05, 0) is 38.8 Å². The van der Waals surface area contributed by atoms with Crippen LogP contribution in [0.4, 0.5) is 0 Å². The van der Waals surface area contributed by atoms with E-state index in [1.807, 2.05) is 0 Å². The number of rotatable bonds is 2. The van der Waals surface area contributed by atoms with E-state index >= 15 is 0 Å². The summed E-state index contributed by atoms with van der Waals surface area (Å²) in [6.07, 6.45) is 7.61. The number of allylic oxidation sites excluding steroid dienone is 2. The van der Waals surface area contributed by atoms with Gasteiger partial charge in [-0.1, -0.05) is 35.9 Å². The second-order valence-electron chi connectivity index (χ2n) is 4.50. The van der Waals surface area contributed by atoms with Crippen molar-refractivity contribution in [2.45, 2.75) is 33.3 Å². The summed E-state index contributed by atoms with van der Waals surface area (Å²) in [4.78, 5) is 0. The van der Waals surface area contributed by atoms with E-state index in [9.17, 15) is 0 Å². The first-order chi connectivity index (χ1) is 7.66. The van der Waals surface area contributed by atoms with Crippen molar-refractivity contribution >= 4 is 6.08 Å². The average Bonchev–Trinajstić information content (AvgIpc) is 2.26. The van der Waals surface area contributed by atoms with Crippen LogP contribution in [0.25, 0.3) is 6.08 Å². The first-order valence-electron chi connectivity index (χ1n) is 5.77. The molecule has 1 aliphatic heterocycles. The highest BCUT2D eigenvalue weighted by Crippen LogP contribution is 2.30. The topological polar surface area (TPSA) is 9.23 Å². The largest absolute Gasteiger partial charge is 0.486 e. The van der Waals surface area contributed by atoms with Crippen LogP contribution in [0.5, 0.6) is 5.75 Å². The molecule has 0 saturated heterocycles. The zero-order valence-electron chi connectivity index (χ0n) is 10.2. The Morgan fingerprint density at radius 2 is 2.19 bits per heavy atom. The molecule has 1 nitrogen and oxygen atoms in total. The molecular formula is C15H18O. The lowest BCUT2D eigenvalue weighted by Gasteiger charge is -2.20. The quantitative estimate of drug-likeness (QED) is 0.676. The Bertz CT molecular complexity index is 437. The fourth-order valence-corrected chi connectivity index (χ4v) is 1.82. The van der Waals surface area contributed by atoms with Gasteiger partial charge in [0.05, 0.1) is 0 Å². The standard InChI is InChI=1S/C15H18O/c1-11(2)7-9-13-5-4-6-14-10-8-12(3)16-15(13)14/h4-8,10,12H,9H2,1-3H3. The zero-order chi connectivity index (χ0) is 11.5. The van der Waals surface area contributed by atoms with Gasteiger partial charge in [-0.3, -0.25) is 0 Å². The molecule has 1 aromatic rings. The molecule has 84 valence electrons. The Morgan fingerprint density at radius 1 is 1.38 bits per heavy atom. The number of benzene rings is 1. The molecule has 2 rings (SSSR count). The van der Waals surface area contributed by atoms with E-state index in [1.165, 1.54) is 16.7 Å². The number of ether oxygens (including phenoxy) is 1. The number of hydrogen-bond acceptors (Lipinski definition) is 1. The molecule has 1 aliphatic rings. The van der Waals surface area contributed by atoms with E-state index in [-0.39, 0.29) is 6.10 Å². The van der Waals surface area contributed by atoms with E-state index in [2.05, 4.69) is 57.2 Å². The lowest BCUT2D eigenvalue weighted by atomic mass is 10.0. The second kappa shape index (κ2) is 4.56. The smallest absolute Gasteiger partial charge is 0.130 e. The Labute approximate surface area is 97.4 Å². The van der Waals surface area contributed by atoms with Crippen LogP contribution in [0, 0.1) is 0 Å². The van der Waals surface area contributed by atoms with Gasteiger partial charge in [-0.15, -0.1) is 0 Å². The van der Waals surface area contributed by atoms with Crippen molar-refractivity contribution in [1.29, 1.82) is 0 Å². The molecule has 1 heterocycles. The van der Waals surface area contributed by atoms with Crippen molar-refractivity contribution in [2.24, 2.45) is 0 Å². The molecule has 1 heteroatoms. The van der Waals surface area contributed by atoms with Gasteiger partial charge in [0.1, 0.15) is 11.9 Å². The van der Waals surface area contributed by atoms with E-state index in [4.69, 9.17) is 4.74 Å². The summed E-state index contributed by atoms with van der Waals surface area (Å²) >= 11 is 0. The summed E-state index contributed by atoms with van der Waals surface area (Å²) in [5.41, 5.74) is 3.81. The van der Waals surface area contributed by atoms with E-state index in [1.54, 1.807) is 0 Å². The maximum Gasteiger partial charge on any atom is 0.130 e. The monoisotopic (exact) mass is 214 g/mol. The van der Waals surface area contributed by atoms with E-state index in [0.717, 1.165) is 12.2 Å². The van der Waals surface area contributed by atoms with Gasteiger partial charge in [-0.2, -0.15) is 0 Å². The number of fused-ring (bicyclic) bond motifs is 1. The minimum absolute atomic E-state index is 0.181. The van der Waals surface area contributed by atoms with Gasteiger partial charge in [0.15, 0.2) is 0 Å². The van der Waals surface area contributed by atoms with Crippen LogP contribution in [-0.4, -0.2) is 6.10 Å². The van der Waals surface area contributed by atoms with Gasteiger partial charge in [0.25, 0.3) is 0 Å². The van der Waals surface area contributed by atoms with Crippen molar-refractivity contribution < 1.29 is 4.74 Å². The summed E-state index contributed by atoms with van der Waals surface area (Å²) in [5, 5.41) is 0. The third-order valence-electron chi connectivity index (χ3n) is 2.71. The molecule has 1 aromatic carbocycles. The average molecular weight is 214 g/mol. The van der Waals surface area contributed by atoms with Crippen molar-refractivity contribution in [2.75, 3.05) is 0 Å². The normalized spacial score (nSPS) is 17.6. The molecule has 0 fully saturated rings. The SMILES string of the molecule is CC(C)=CCc1cccc2c1OC(C)C=C2. The van der Waals surface area contributed by atoms with Crippen LogP contribution >= 0.6 is 0 Å². The predicted molar refractivity (Wildman–Crippen MR) is 68.7 cm³/mol. The molecule has 0 radical (unpaired) electrons. The molecule has 0 saturated carbocycles. The van der Waals surface area contributed by atoms with Gasteiger partial charge in [0, 0.05) is 5.56 Å². The summed E-state index contributed by atoms with van der Waals surface area (Å²) < 4.78 is 5.88. The Hall–Kier alpha value is -1.50. The fourth-order valence-electron chi connectivity index (χ4n) is 1.82. The first-order valence-corrected chi connectivity index (χ1v) is 5.77. The molecule has 1 unspecified atom stereocenters. The molecule has 16 heavy (non-hydrogen) atoms. The molecular weight excluding hydrogens is 196 g/mol. The first kappa shape index (κ1) is 11.0. The van der Waals surface area contributed by atoms with Crippen molar-refractivity contribution in [1.82, 2.24) is 0 Å². The Kier molecular flexibility index (Phi) is 3.14. The lowest BCUT2D eigenvalue weighted by molar-refractivity contribution is 0.264. The van der Waals surface area contributed by atoms with Crippen LogP contribution in [-0.2, 0) is 6.42 Å². The van der Waals surface area contributed by atoms with Crippen molar-refractivity contribution in [3.8, 4) is 5.75 Å². The summed E-state index contributed by atoms with van der Waals surface area (Å²) in [6.45, 7) is 6.31. The number of hydrogen-bond donors (Lipinski definition) is 0. The molecule has 0 bridgehead atoms. The molecule has 0 aliphatic carbocycles. The third-order valence-corrected chi connectivity index (χ3v) is 2.71. The number of para-hydroxylation sites is 1. The summed E-state index contributed by atoms with van der Waals surface area (Å²) in [5.74, 6) is 1.05. The van der Waals surface area contributed by atoms with Crippen molar-refractivity contribution in [3.05, 3.63) is 47.1 Å². The second-order valence-corrected chi connectivity index (χ2v) is 4.50. The van der Waals surface area contributed by atoms with Crippen LogP contribution in [0.1, 0.15) is 31.9 Å². The maximum absolute atomic E-state index is 5.88. The predicted octanol–water partition coefficient (Wildman–Crippen LogP) is 3.99. The highest BCUT2D eigenvalue weighted by molar-refractivity contribution is 5.62. The summed E-state index contributed by atoms with van der Waals surface area (Å²) in [7, 11) is 0. The zero-order valence-corrected chi connectivity index (χ0v) is 10.2. The van der Waals surface area contributed by atoms with Gasteiger partial charge < -0.3 is 4.74 Å². The molecule has 1 atom stereocenters. The van der Waals surface area contributed by atoms with Gasteiger partial charge in [-0.25, -0.2) is 0 Å². The fraction of sp³-hybridized carbons (Fsp3) is 0.333. The van der Waals surface area contributed by atoms with Crippen LogP contribution < -0.4 is 4.74 Å². The Balaban J connectivity index is 2.33. The van der Waals surface area contributed by atoms with Crippen LogP contribution in [0.2, 0.25) is 0 Å². The Morgan fingerprint density at radius 3 is 2.94 bits per heavy atom. The molecule has 0 spiro atoms. The van der Waals surface area contributed by atoms with Gasteiger partial charge in [0.2, 0.25) is 0 Å². The van der Waals surface area contributed by atoms with E-state index < -0.39 is 0 Å². The molecule has 0 N–H and O–H groups in total. The van der Waals surface area contributed by atoms with Crippen LogP contribution in [0.3, 0.4) is 0 Å². The van der Waals surface area contributed by atoms with Crippen LogP contribution in [0.15, 0.2) is 35.9 Å². The van der Waals surface area contributed by atoms with Crippen molar-refractivity contribution in [3.63, 3.8) is 0 Å². The van der Waals surface area contributed by atoms with Gasteiger partial charge >= 0.3 is 0 Å². The minimum atomic E-state index is 0.181. The third kappa shape index (κ3) is 2.35. The summed E-state index contributed by atoms with van der Waals surface area (Å²) in [6, 6.07) is 6.34. The maximum atomic E-state index is 5.88. The highest BCUT2D eigenvalue weighted by Gasteiger charge is 2.13. The highest BCUT2D eigenvalue weighted by atomic mass is 16.5.